The number of rotatable bonds is 5. The maximum atomic E-state index is 8.76. The average molecular weight is 300 g/mol. The van der Waals surface area contributed by atoms with Gasteiger partial charge in [0.05, 0.1) is 5.02 Å². The monoisotopic (exact) mass is 299 g/mol. The van der Waals surface area contributed by atoms with Crippen LogP contribution in [0.5, 0.6) is 0 Å². The van der Waals surface area contributed by atoms with Gasteiger partial charge in [-0.25, -0.2) is 4.98 Å². The summed E-state index contributed by atoms with van der Waals surface area (Å²) in [4.78, 5) is 6.70. The van der Waals surface area contributed by atoms with Crippen LogP contribution in [0.2, 0.25) is 5.02 Å². The van der Waals surface area contributed by atoms with E-state index in [1.54, 1.807) is 0 Å². The van der Waals surface area contributed by atoms with Crippen LogP contribution in [0.3, 0.4) is 0 Å². The van der Waals surface area contributed by atoms with E-state index >= 15 is 0 Å². The highest BCUT2D eigenvalue weighted by molar-refractivity contribution is 6.33. The summed E-state index contributed by atoms with van der Waals surface area (Å²) in [7, 11) is 0. The molecule has 0 aromatic carbocycles. The fourth-order valence-electron chi connectivity index (χ4n) is 2.16. The molecule has 0 radical (unpaired) electrons. The van der Waals surface area contributed by atoms with Crippen LogP contribution >= 0.6 is 11.6 Å². The van der Waals surface area contributed by atoms with Crippen LogP contribution in [0.1, 0.15) is 32.3 Å². The third-order valence-electron chi connectivity index (χ3n) is 3.17. The van der Waals surface area contributed by atoms with E-state index in [-0.39, 0.29) is 6.61 Å². The Morgan fingerprint density at radius 3 is 2.60 bits per heavy atom. The van der Waals surface area contributed by atoms with Gasteiger partial charge in [-0.05, 0) is 30.9 Å². The van der Waals surface area contributed by atoms with Crippen molar-refractivity contribution in [2.24, 2.45) is 0 Å². The summed E-state index contributed by atoms with van der Waals surface area (Å²) in [6.07, 6.45) is 4.63. The van der Waals surface area contributed by atoms with Gasteiger partial charge in [0.25, 0.3) is 0 Å². The van der Waals surface area contributed by atoms with Crippen molar-refractivity contribution in [2.75, 3.05) is 37.7 Å². The molecule has 1 aliphatic heterocycles. The van der Waals surface area contributed by atoms with Gasteiger partial charge in [0.15, 0.2) is 0 Å². The quantitative estimate of drug-likeness (QED) is 0.820. The Kier molecular flexibility index (Phi) is 8.58. The van der Waals surface area contributed by atoms with Crippen LogP contribution in [0.25, 0.3) is 0 Å². The molecule has 0 spiro atoms. The van der Waals surface area contributed by atoms with Crippen LogP contribution in [0.4, 0.5) is 5.82 Å². The second-order valence-corrected chi connectivity index (χ2v) is 4.97. The Hall–Kier alpha value is -0.840. The average Bonchev–Trinajstić information content (AvgIpc) is 2.51. The van der Waals surface area contributed by atoms with E-state index < -0.39 is 0 Å². The first-order valence-electron chi connectivity index (χ1n) is 7.52. The molecule has 1 aromatic heterocycles. The number of aliphatic hydroxyl groups is 1. The van der Waals surface area contributed by atoms with Crippen molar-refractivity contribution in [1.82, 2.24) is 10.3 Å². The van der Waals surface area contributed by atoms with E-state index in [0.717, 1.165) is 61.8 Å². The van der Waals surface area contributed by atoms with E-state index in [1.165, 1.54) is 0 Å². The number of aryl methyl sites for hydroxylation is 1. The molecule has 0 amide bonds. The van der Waals surface area contributed by atoms with Gasteiger partial charge >= 0.3 is 0 Å². The number of nitrogens with one attached hydrogen (secondary N) is 1. The van der Waals surface area contributed by atoms with Crippen molar-refractivity contribution in [3.63, 3.8) is 0 Å². The highest BCUT2D eigenvalue weighted by atomic mass is 35.5. The molecule has 20 heavy (non-hydrogen) atoms. The minimum atomic E-state index is 0.250. The second-order valence-electron chi connectivity index (χ2n) is 4.57. The first kappa shape index (κ1) is 17.2. The minimum Gasteiger partial charge on any atom is -0.396 e. The molecule has 2 N–H and O–H groups in total. The zero-order valence-electron chi connectivity index (χ0n) is 12.5. The Balaban J connectivity index is 0.000000956. The van der Waals surface area contributed by atoms with Gasteiger partial charge in [-0.15, -0.1) is 0 Å². The van der Waals surface area contributed by atoms with Crippen molar-refractivity contribution in [1.29, 1.82) is 0 Å². The van der Waals surface area contributed by atoms with E-state index in [0.29, 0.717) is 0 Å². The van der Waals surface area contributed by atoms with E-state index in [4.69, 9.17) is 16.7 Å². The number of unbranched alkanes of at least 4 members (excludes halogenated alkanes) is 1. The predicted molar refractivity (Wildman–Crippen MR) is 85.7 cm³/mol. The summed E-state index contributed by atoms with van der Waals surface area (Å²) < 4.78 is 0. The van der Waals surface area contributed by atoms with Gasteiger partial charge in [-0.3, -0.25) is 0 Å². The van der Waals surface area contributed by atoms with Crippen LogP contribution in [0.15, 0.2) is 12.3 Å². The zero-order valence-corrected chi connectivity index (χ0v) is 13.3. The van der Waals surface area contributed by atoms with Gasteiger partial charge in [-0.1, -0.05) is 25.4 Å². The van der Waals surface area contributed by atoms with Crippen LogP contribution in [-0.2, 0) is 6.42 Å². The third kappa shape index (κ3) is 5.27. The number of nitrogens with zero attached hydrogens (tertiary/aromatic N) is 2. The predicted octanol–water partition coefficient (Wildman–Crippen LogP) is 2.49. The van der Waals surface area contributed by atoms with Crippen molar-refractivity contribution in [3.8, 4) is 0 Å². The molecule has 2 heterocycles. The van der Waals surface area contributed by atoms with Gasteiger partial charge < -0.3 is 15.3 Å². The number of aliphatic hydroxyl groups excluding tert-OH is 1. The van der Waals surface area contributed by atoms with E-state index in [1.807, 2.05) is 26.1 Å². The maximum Gasteiger partial charge on any atom is 0.147 e. The SMILES string of the molecule is CC.OCCCCc1cnc(N2CCNCC2)c(Cl)c1. The van der Waals surface area contributed by atoms with Crippen molar-refractivity contribution >= 4 is 17.4 Å². The first-order valence-corrected chi connectivity index (χ1v) is 7.90. The second kappa shape index (κ2) is 9.97. The molecule has 114 valence electrons. The number of pyridine rings is 1. The molecule has 1 fully saturated rings. The zero-order chi connectivity index (χ0) is 14.8. The Morgan fingerprint density at radius 2 is 2.00 bits per heavy atom. The Labute approximate surface area is 127 Å². The standard InChI is InChI=1S/C13H20ClN3O.C2H6/c14-12-9-11(3-1-2-8-18)10-16-13(12)17-6-4-15-5-7-17;1-2/h9-10,15,18H,1-8H2;1-2H3. The minimum absolute atomic E-state index is 0.250. The molecule has 0 atom stereocenters. The Morgan fingerprint density at radius 1 is 1.30 bits per heavy atom. The third-order valence-corrected chi connectivity index (χ3v) is 3.45. The lowest BCUT2D eigenvalue weighted by atomic mass is 10.1. The molecule has 0 bridgehead atoms. The molecule has 4 nitrogen and oxygen atoms in total. The van der Waals surface area contributed by atoms with Crippen molar-refractivity contribution < 1.29 is 5.11 Å². The molecule has 1 aliphatic rings. The largest absolute Gasteiger partial charge is 0.396 e. The molecular weight excluding hydrogens is 274 g/mol. The summed E-state index contributed by atoms with van der Waals surface area (Å²) >= 11 is 6.30. The number of aromatic nitrogens is 1. The Bertz CT molecular complexity index is 381. The normalized spacial score (nSPS) is 14.7. The number of hydrogen-bond acceptors (Lipinski definition) is 4. The lowest BCUT2D eigenvalue weighted by Gasteiger charge is -2.29. The van der Waals surface area contributed by atoms with Gasteiger partial charge in [0.1, 0.15) is 5.82 Å². The van der Waals surface area contributed by atoms with Gasteiger partial charge in [0, 0.05) is 39.0 Å². The number of halogens is 1. The number of anilines is 1. The molecule has 1 aromatic rings. The maximum absolute atomic E-state index is 8.76. The lowest BCUT2D eigenvalue weighted by Crippen LogP contribution is -2.44. The van der Waals surface area contributed by atoms with Gasteiger partial charge in [0.2, 0.25) is 0 Å². The summed E-state index contributed by atoms with van der Waals surface area (Å²) in [5.41, 5.74) is 1.15. The highest BCUT2D eigenvalue weighted by Gasteiger charge is 2.14. The summed E-state index contributed by atoms with van der Waals surface area (Å²) in [5, 5.41) is 12.8. The molecule has 5 heteroatoms. The molecule has 1 saturated heterocycles. The van der Waals surface area contributed by atoms with E-state index in [9.17, 15) is 0 Å². The van der Waals surface area contributed by atoms with Gasteiger partial charge in [-0.2, -0.15) is 0 Å². The summed E-state index contributed by atoms with van der Waals surface area (Å²) in [6.45, 7) is 8.12. The topological polar surface area (TPSA) is 48.4 Å². The first-order chi connectivity index (χ1) is 9.81. The van der Waals surface area contributed by atoms with Crippen molar-refractivity contribution in [2.45, 2.75) is 33.1 Å². The van der Waals surface area contributed by atoms with Crippen LogP contribution < -0.4 is 10.2 Å². The van der Waals surface area contributed by atoms with Crippen LogP contribution in [0, 0.1) is 0 Å². The number of hydrogen-bond donors (Lipinski definition) is 2. The molecular formula is C15H26ClN3O. The fraction of sp³-hybridized carbons (Fsp3) is 0.667. The molecule has 0 saturated carbocycles. The summed E-state index contributed by atoms with van der Waals surface area (Å²) in [6, 6.07) is 2.00. The summed E-state index contributed by atoms with van der Waals surface area (Å²) in [5.74, 6) is 0.893. The fourth-order valence-corrected chi connectivity index (χ4v) is 2.47. The smallest absolute Gasteiger partial charge is 0.147 e. The highest BCUT2D eigenvalue weighted by Crippen LogP contribution is 2.24. The van der Waals surface area contributed by atoms with E-state index in [2.05, 4.69) is 15.2 Å². The number of piperazine rings is 1. The van der Waals surface area contributed by atoms with Crippen molar-refractivity contribution in [3.05, 3.63) is 22.8 Å². The molecule has 2 rings (SSSR count). The lowest BCUT2D eigenvalue weighted by molar-refractivity contribution is 0.284. The molecule has 0 unspecified atom stereocenters. The molecule has 0 aliphatic carbocycles. The van der Waals surface area contributed by atoms with Crippen LogP contribution in [-0.4, -0.2) is 42.9 Å².